The lowest BCUT2D eigenvalue weighted by atomic mass is 10.2. The molecule has 140 valence electrons. The van der Waals surface area contributed by atoms with Crippen molar-refractivity contribution in [2.24, 2.45) is 10.9 Å². The molecule has 7 nitrogen and oxygen atoms in total. The smallest absolute Gasteiger partial charge is 0.265 e. The number of amidine groups is 1. The van der Waals surface area contributed by atoms with E-state index in [4.69, 9.17) is 22.2 Å². The predicted octanol–water partition coefficient (Wildman–Crippen LogP) is 2.51. The molecule has 0 atom stereocenters. The Morgan fingerprint density at radius 2 is 1.89 bits per heavy atom. The second-order valence-electron chi connectivity index (χ2n) is 6.14. The van der Waals surface area contributed by atoms with Crippen LogP contribution in [0, 0.1) is 0 Å². The Hall–Kier alpha value is -3.06. The first kappa shape index (κ1) is 18.7. The van der Waals surface area contributed by atoms with Gasteiger partial charge < -0.3 is 21.2 Å². The second kappa shape index (κ2) is 8.55. The van der Waals surface area contributed by atoms with Gasteiger partial charge in [-0.05, 0) is 43.2 Å². The summed E-state index contributed by atoms with van der Waals surface area (Å²) in [6, 6.07) is 13.8. The average molecular weight is 387 g/mol. The molecular formula is C19H19ClN4O3. The van der Waals surface area contributed by atoms with E-state index in [1.807, 2.05) is 0 Å². The second-order valence-corrected chi connectivity index (χ2v) is 6.57. The fourth-order valence-corrected chi connectivity index (χ4v) is 2.48. The number of hydrogen-bond donors (Lipinski definition) is 3. The van der Waals surface area contributed by atoms with Crippen molar-refractivity contribution >= 4 is 34.9 Å². The fraction of sp³-hybridized carbons (Fsp3) is 0.211. The molecule has 27 heavy (non-hydrogen) atoms. The summed E-state index contributed by atoms with van der Waals surface area (Å²) < 4.78 is 0. The highest BCUT2D eigenvalue weighted by atomic mass is 35.5. The number of nitrogens with zero attached hydrogens (tertiary/aromatic N) is 1. The van der Waals surface area contributed by atoms with Crippen LogP contribution in [0.25, 0.3) is 0 Å². The Bertz CT molecular complexity index is 881. The molecule has 0 bridgehead atoms. The number of benzene rings is 2. The molecule has 2 aromatic carbocycles. The normalized spacial score (nSPS) is 13.7. The molecule has 0 radical (unpaired) electrons. The highest BCUT2D eigenvalue weighted by Gasteiger charge is 2.23. The lowest BCUT2D eigenvalue weighted by molar-refractivity contribution is -0.120. The quantitative estimate of drug-likeness (QED) is 0.386. The Balaban J connectivity index is 1.51. The van der Waals surface area contributed by atoms with Gasteiger partial charge in [-0.25, -0.2) is 0 Å². The van der Waals surface area contributed by atoms with Crippen LogP contribution in [0.15, 0.2) is 53.7 Å². The number of carbonyl (C=O) groups excluding carboxylic acids is 2. The highest BCUT2D eigenvalue weighted by Crippen LogP contribution is 2.20. The molecule has 0 aromatic heterocycles. The first-order valence-electron chi connectivity index (χ1n) is 8.43. The standard InChI is InChI=1S/C19H19ClN4O3/c20-14-5-1-3-12(9-14)18(21)24-27-11-17(25)22-16-6-2-4-13(10-16)19(26)23-15-7-8-15/h1-6,9-10,15H,7-8,11H2,(H2,21,24)(H,22,25)(H,23,26). The van der Waals surface area contributed by atoms with E-state index in [0.717, 1.165) is 12.8 Å². The molecular weight excluding hydrogens is 368 g/mol. The number of carbonyl (C=O) groups is 2. The molecule has 1 aliphatic carbocycles. The summed E-state index contributed by atoms with van der Waals surface area (Å²) in [7, 11) is 0. The number of nitrogens with two attached hydrogens (primary N) is 1. The van der Waals surface area contributed by atoms with Crippen LogP contribution in [0.2, 0.25) is 5.02 Å². The van der Waals surface area contributed by atoms with Gasteiger partial charge in [0.05, 0.1) is 0 Å². The molecule has 8 heteroatoms. The topological polar surface area (TPSA) is 106 Å². The molecule has 1 fully saturated rings. The average Bonchev–Trinajstić information content (AvgIpc) is 3.46. The van der Waals surface area contributed by atoms with E-state index in [2.05, 4.69) is 15.8 Å². The van der Waals surface area contributed by atoms with E-state index in [1.54, 1.807) is 48.5 Å². The minimum atomic E-state index is -0.419. The first-order valence-corrected chi connectivity index (χ1v) is 8.81. The molecule has 1 saturated carbocycles. The third kappa shape index (κ3) is 5.72. The van der Waals surface area contributed by atoms with Crippen molar-refractivity contribution in [1.29, 1.82) is 0 Å². The number of halogens is 1. The van der Waals surface area contributed by atoms with E-state index >= 15 is 0 Å². The van der Waals surface area contributed by atoms with Crippen LogP contribution in [0.5, 0.6) is 0 Å². The zero-order valence-electron chi connectivity index (χ0n) is 14.4. The van der Waals surface area contributed by atoms with Crippen LogP contribution in [0.1, 0.15) is 28.8 Å². The van der Waals surface area contributed by atoms with Crippen molar-refractivity contribution < 1.29 is 14.4 Å². The lowest BCUT2D eigenvalue weighted by Crippen LogP contribution is -2.25. The number of nitrogens with one attached hydrogen (secondary N) is 2. The number of amides is 2. The minimum Gasteiger partial charge on any atom is -0.384 e. The summed E-state index contributed by atoms with van der Waals surface area (Å²) in [4.78, 5) is 29.0. The first-order chi connectivity index (χ1) is 13.0. The maximum Gasteiger partial charge on any atom is 0.265 e. The van der Waals surface area contributed by atoms with Crippen molar-refractivity contribution in [1.82, 2.24) is 5.32 Å². The van der Waals surface area contributed by atoms with Crippen LogP contribution in [0.3, 0.4) is 0 Å². The molecule has 4 N–H and O–H groups in total. The zero-order chi connectivity index (χ0) is 19.2. The van der Waals surface area contributed by atoms with Gasteiger partial charge in [0.2, 0.25) is 0 Å². The predicted molar refractivity (Wildman–Crippen MR) is 104 cm³/mol. The van der Waals surface area contributed by atoms with Crippen LogP contribution in [-0.4, -0.2) is 30.3 Å². The van der Waals surface area contributed by atoms with Gasteiger partial charge in [0.15, 0.2) is 12.4 Å². The van der Waals surface area contributed by atoms with Crippen molar-refractivity contribution in [3.05, 3.63) is 64.7 Å². The summed E-state index contributed by atoms with van der Waals surface area (Å²) in [5, 5.41) is 9.79. The minimum absolute atomic E-state index is 0.115. The Labute approximate surface area is 161 Å². The summed E-state index contributed by atoms with van der Waals surface area (Å²) in [6.45, 7) is -0.320. The summed E-state index contributed by atoms with van der Waals surface area (Å²) in [5.74, 6) is -0.454. The van der Waals surface area contributed by atoms with Gasteiger partial charge in [-0.3, -0.25) is 9.59 Å². The fourth-order valence-electron chi connectivity index (χ4n) is 2.29. The number of hydrogen-bond acceptors (Lipinski definition) is 4. The van der Waals surface area contributed by atoms with Crippen molar-refractivity contribution in [2.75, 3.05) is 11.9 Å². The molecule has 2 aromatic rings. The van der Waals surface area contributed by atoms with Crippen LogP contribution < -0.4 is 16.4 Å². The lowest BCUT2D eigenvalue weighted by Gasteiger charge is -2.08. The maximum absolute atomic E-state index is 12.0. The molecule has 0 heterocycles. The van der Waals surface area contributed by atoms with E-state index in [9.17, 15) is 9.59 Å². The van der Waals surface area contributed by atoms with Gasteiger partial charge in [0.25, 0.3) is 11.8 Å². The molecule has 0 saturated heterocycles. The van der Waals surface area contributed by atoms with Crippen molar-refractivity contribution in [3.8, 4) is 0 Å². The summed E-state index contributed by atoms with van der Waals surface area (Å²) >= 11 is 5.89. The molecule has 3 rings (SSSR count). The van der Waals surface area contributed by atoms with E-state index in [-0.39, 0.29) is 24.4 Å². The van der Waals surface area contributed by atoms with E-state index in [0.29, 0.717) is 21.8 Å². The maximum atomic E-state index is 12.0. The van der Waals surface area contributed by atoms with Gasteiger partial charge >= 0.3 is 0 Å². The molecule has 0 spiro atoms. The summed E-state index contributed by atoms with van der Waals surface area (Å²) in [6.07, 6.45) is 2.02. The molecule has 0 aliphatic heterocycles. The van der Waals surface area contributed by atoms with E-state index in [1.165, 1.54) is 0 Å². The van der Waals surface area contributed by atoms with Gasteiger partial charge in [-0.1, -0.05) is 35.0 Å². The monoisotopic (exact) mass is 386 g/mol. The van der Waals surface area contributed by atoms with Gasteiger partial charge in [0, 0.05) is 27.9 Å². The Morgan fingerprint density at radius 1 is 1.15 bits per heavy atom. The van der Waals surface area contributed by atoms with Crippen molar-refractivity contribution in [2.45, 2.75) is 18.9 Å². The Kier molecular flexibility index (Phi) is 5.93. The van der Waals surface area contributed by atoms with Gasteiger partial charge in [-0.2, -0.15) is 0 Å². The third-order valence-electron chi connectivity index (χ3n) is 3.80. The van der Waals surface area contributed by atoms with E-state index < -0.39 is 5.91 Å². The zero-order valence-corrected chi connectivity index (χ0v) is 15.2. The van der Waals surface area contributed by atoms with Gasteiger partial charge in [-0.15, -0.1) is 0 Å². The van der Waals surface area contributed by atoms with Crippen molar-refractivity contribution in [3.63, 3.8) is 0 Å². The molecule has 2 amide bonds. The SMILES string of the molecule is N/C(=N\OCC(=O)Nc1cccc(C(=O)NC2CC2)c1)c1cccc(Cl)c1. The number of anilines is 1. The number of oxime groups is 1. The third-order valence-corrected chi connectivity index (χ3v) is 4.04. The summed E-state index contributed by atoms with van der Waals surface area (Å²) in [5.41, 5.74) is 7.37. The molecule has 0 unspecified atom stereocenters. The van der Waals surface area contributed by atoms with Crippen LogP contribution in [-0.2, 0) is 9.63 Å². The number of rotatable bonds is 7. The Morgan fingerprint density at radius 3 is 2.63 bits per heavy atom. The molecule has 1 aliphatic rings. The largest absolute Gasteiger partial charge is 0.384 e. The van der Waals surface area contributed by atoms with Crippen LogP contribution >= 0.6 is 11.6 Å². The highest BCUT2D eigenvalue weighted by molar-refractivity contribution is 6.31. The van der Waals surface area contributed by atoms with Crippen LogP contribution in [0.4, 0.5) is 5.69 Å². The van der Waals surface area contributed by atoms with Gasteiger partial charge in [0.1, 0.15) is 0 Å².